The second-order valence-corrected chi connectivity index (χ2v) is 14.0. The van der Waals surface area contributed by atoms with Gasteiger partial charge < -0.3 is 32.3 Å². The number of rotatable bonds is 12. The average molecular weight is 697 g/mol. The molecule has 2 amide bonds. The number of amides is 2. The molecular formula is C32H32N4O10S2. The molecule has 0 bridgehead atoms. The van der Waals surface area contributed by atoms with Crippen molar-refractivity contribution in [2.75, 3.05) is 22.1 Å². The van der Waals surface area contributed by atoms with Crippen LogP contribution in [0.5, 0.6) is 0 Å². The minimum absolute atomic E-state index is 0.0795. The summed E-state index contributed by atoms with van der Waals surface area (Å²) in [5.74, 6) is -3.02. The Morgan fingerprint density at radius 1 is 0.458 bits per heavy atom. The van der Waals surface area contributed by atoms with Gasteiger partial charge in [-0.3, -0.25) is 19.2 Å². The highest BCUT2D eigenvalue weighted by Gasteiger charge is 2.19. The molecule has 4 aromatic carbocycles. The van der Waals surface area contributed by atoms with E-state index >= 15 is 0 Å². The van der Waals surface area contributed by atoms with Crippen molar-refractivity contribution < 1.29 is 46.2 Å². The fraction of sp³-hybridized carbons (Fsp3) is 0.125. The molecule has 0 aliphatic rings. The zero-order chi connectivity index (χ0) is 35.5. The van der Waals surface area contributed by atoms with Crippen molar-refractivity contribution in [3.8, 4) is 0 Å². The quantitative estimate of drug-likeness (QED) is 0.116. The molecule has 0 fully saturated rings. The molecule has 0 saturated carbocycles. The number of carbonyl (C=O) groups is 4. The smallest absolute Gasteiger partial charge is 0.303 e. The van der Waals surface area contributed by atoms with E-state index in [1.807, 2.05) is 0 Å². The molecule has 0 unspecified atom stereocenters. The highest BCUT2D eigenvalue weighted by Crippen LogP contribution is 2.24. The zero-order valence-electron chi connectivity index (χ0n) is 25.2. The number of aliphatic carboxylic acids is 2. The maximum atomic E-state index is 12.5. The Morgan fingerprint density at radius 2 is 0.708 bits per heavy atom. The Hall–Kier alpha value is -5.74. The van der Waals surface area contributed by atoms with Crippen LogP contribution >= 0.6 is 0 Å². The van der Waals surface area contributed by atoms with Crippen LogP contribution in [0.4, 0.5) is 22.7 Å². The van der Waals surface area contributed by atoms with Crippen LogP contribution in [0.25, 0.3) is 0 Å². The molecule has 252 valence electrons. The summed E-state index contributed by atoms with van der Waals surface area (Å²) in [5, 5.41) is 22.1. The van der Waals surface area contributed by atoms with Crippen molar-refractivity contribution in [3.05, 3.63) is 97.1 Å². The van der Waals surface area contributed by atoms with Gasteiger partial charge in [0.1, 0.15) is 0 Å². The second kappa shape index (κ2) is 16.2. The number of benzene rings is 4. The number of nitrogen functional groups attached to an aromatic ring is 2. The average Bonchev–Trinajstić information content (AvgIpc) is 3.04. The van der Waals surface area contributed by atoms with Gasteiger partial charge in [0, 0.05) is 35.6 Å². The van der Waals surface area contributed by atoms with Gasteiger partial charge in [0.05, 0.1) is 32.4 Å². The molecule has 4 rings (SSSR count). The van der Waals surface area contributed by atoms with Crippen LogP contribution < -0.4 is 22.1 Å². The summed E-state index contributed by atoms with van der Waals surface area (Å²) in [6.45, 7) is 0. The first-order chi connectivity index (χ1) is 22.6. The SMILES string of the molecule is Nc1ccc(S(=O)(=O)c2ccc(NC(=O)CCC(=O)O)cc2)cc1.Nc1ccc(S(=O)(=O)c2ccc(NC(=O)CCC(=O)O)cc2)cc1. The number of nitrogens with two attached hydrogens (primary N) is 2. The van der Waals surface area contributed by atoms with Crippen LogP contribution in [0.2, 0.25) is 0 Å². The number of carboxylic acids is 2. The lowest BCUT2D eigenvalue weighted by molar-refractivity contribution is -0.138. The maximum Gasteiger partial charge on any atom is 0.303 e. The van der Waals surface area contributed by atoms with Gasteiger partial charge in [-0.1, -0.05) is 0 Å². The summed E-state index contributed by atoms with van der Waals surface area (Å²) < 4.78 is 49.9. The largest absolute Gasteiger partial charge is 0.481 e. The van der Waals surface area contributed by atoms with Gasteiger partial charge in [-0.25, -0.2) is 16.8 Å². The highest BCUT2D eigenvalue weighted by atomic mass is 32.2. The molecule has 0 aliphatic heterocycles. The van der Waals surface area contributed by atoms with Crippen LogP contribution in [0.1, 0.15) is 25.7 Å². The summed E-state index contributed by atoms with van der Waals surface area (Å²) in [6, 6.07) is 23.0. The van der Waals surface area contributed by atoms with Gasteiger partial charge in [-0.05, 0) is 97.1 Å². The lowest BCUT2D eigenvalue weighted by Crippen LogP contribution is -2.13. The molecule has 0 saturated heterocycles. The molecule has 8 N–H and O–H groups in total. The van der Waals surface area contributed by atoms with Gasteiger partial charge >= 0.3 is 11.9 Å². The van der Waals surface area contributed by atoms with Gasteiger partial charge in [0.15, 0.2) is 0 Å². The first-order valence-electron chi connectivity index (χ1n) is 14.0. The van der Waals surface area contributed by atoms with Crippen molar-refractivity contribution in [1.29, 1.82) is 0 Å². The van der Waals surface area contributed by atoms with Crippen LogP contribution in [-0.2, 0) is 38.9 Å². The van der Waals surface area contributed by atoms with E-state index in [2.05, 4.69) is 10.6 Å². The predicted molar refractivity (Wildman–Crippen MR) is 176 cm³/mol. The zero-order valence-corrected chi connectivity index (χ0v) is 26.8. The molecule has 0 radical (unpaired) electrons. The first-order valence-corrected chi connectivity index (χ1v) is 17.0. The maximum absolute atomic E-state index is 12.5. The summed E-state index contributed by atoms with van der Waals surface area (Å²) in [5.41, 5.74) is 12.8. The third-order valence-electron chi connectivity index (χ3n) is 6.41. The standard InChI is InChI=1S/2C16H16N2O5S/c2*17-11-1-5-13(6-2-11)24(22,23)14-7-3-12(4-8-14)18-15(19)9-10-16(20)21/h2*1-8H,9-10,17H2,(H,18,19)(H,20,21). The number of hydrogen-bond donors (Lipinski definition) is 6. The van der Waals surface area contributed by atoms with Gasteiger partial charge in [0.2, 0.25) is 31.5 Å². The molecule has 0 atom stereocenters. The summed E-state index contributed by atoms with van der Waals surface area (Å²) >= 11 is 0. The number of hydrogen-bond acceptors (Lipinski definition) is 10. The van der Waals surface area contributed by atoms with E-state index in [4.69, 9.17) is 21.7 Å². The first kappa shape index (κ1) is 36.7. The van der Waals surface area contributed by atoms with Crippen molar-refractivity contribution in [3.63, 3.8) is 0 Å². The molecular weight excluding hydrogens is 665 g/mol. The topological polar surface area (TPSA) is 253 Å². The Bertz CT molecular complexity index is 1830. The Balaban J connectivity index is 0.000000260. The van der Waals surface area contributed by atoms with Gasteiger partial charge in [-0.15, -0.1) is 0 Å². The Morgan fingerprint density at radius 3 is 0.958 bits per heavy atom. The molecule has 16 heteroatoms. The van der Waals surface area contributed by atoms with Gasteiger partial charge in [0.25, 0.3) is 0 Å². The number of anilines is 4. The van der Waals surface area contributed by atoms with E-state index < -0.39 is 43.4 Å². The van der Waals surface area contributed by atoms with Crippen molar-refractivity contribution in [2.24, 2.45) is 0 Å². The minimum atomic E-state index is -3.67. The molecule has 0 aromatic heterocycles. The molecule has 0 spiro atoms. The summed E-state index contributed by atoms with van der Waals surface area (Å²) in [7, 11) is -7.34. The van der Waals surface area contributed by atoms with E-state index in [1.165, 1.54) is 97.1 Å². The van der Waals surface area contributed by atoms with Crippen molar-refractivity contribution >= 4 is 66.2 Å². The predicted octanol–water partition coefficient (Wildman–Crippen LogP) is 3.81. The second-order valence-electron chi connectivity index (χ2n) is 10.1. The van der Waals surface area contributed by atoms with Crippen LogP contribution in [0.3, 0.4) is 0 Å². The minimum Gasteiger partial charge on any atom is -0.481 e. The van der Waals surface area contributed by atoms with E-state index in [-0.39, 0.29) is 45.3 Å². The highest BCUT2D eigenvalue weighted by molar-refractivity contribution is 7.91. The number of carboxylic acid groups (broad SMARTS) is 2. The third-order valence-corrected chi connectivity index (χ3v) is 9.98. The molecule has 0 aliphatic carbocycles. The number of sulfone groups is 2. The van der Waals surface area contributed by atoms with E-state index in [9.17, 15) is 36.0 Å². The normalized spacial score (nSPS) is 11.0. The number of carbonyl (C=O) groups excluding carboxylic acids is 2. The van der Waals surface area contributed by atoms with E-state index in [1.54, 1.807) is 0 Å². The summed E-state index contributed by atoms with van der Waals surface area (Å²) in [4.78, 5) is 44.3. The van der Waals surface area contributed by atoms with E-state index in [0.29, 0.717) is 22.7 Å². The lowest BCUT2D eigenvalue weighted by atomic mass is 10.2. The molecule has 4 aromatic rings. The fourth-order valence-electron chi connectivity index (χ4n) is 3.89. The Kier molecular flexibility index (Phi) is 12.4. The van der Waals surface area contributed by atoms with Crippen LogP contribution in [0.15, 0.2) is 117 Å². The molecule has 0 heterocycles. The monoisotopic (exact) mass is 696 g/mol. The van der Waals surface area contributed by atoms with Crippen LogP contribution in [0, 0.1) is 0 Å². The summed E-state index contributed by atoms with van der Waals surface area (Å²) in [6.07, 6.45) is -0.841. The third kappa shape index (κ3) is 10.7. The molecule has 14 nitrogen and oxygen atoms in total. The van der Waals surface area contributed by atoms with E-state index in [0.717, 1.165) is 0 Å². The van der Waals surface area contributed by atoms with Crippen molar-refractivity contribution in [1.82, 2.24) is 0 Å². The fourth-order valence-corrected chi connectivity index (χ4v) is 6.41. The lowest BCUT2D eigenvalue weighted by Gasteiger charge is -2.07. The van der Waals surface area contributed by atoms with Crippen LogP contribution in [-0.4, -0.2) is 50.8 Å². The van der Waals surface area contributed by atoms with Gasteiger partial charge in [-0.2, -0.15) is 0 Å². The Labute approximate surface area is 276 Å². The van der Waals surface area contributed by atoms with Crippen molar-refractivity contribution in [2.45, 2.75) is 45.3 Å². The number of nitrogens with one attached hydrogen (secondary N) is 2. The molecule has 48 heavy (non-hydrogen) atoms.